The van der Waals surface area contributed by atoms with Crippen molar-refractivity contribution in [1.82, 2.24) is 0 Å². The highest BCUT2D eigenvalue weighted by atomic mass is 16.4. The third kappa shape index (κ3) is 2.20. The smallest absolute Gasteiger partial charge is 0.307 e. The Hall–Kier alpha value is -2.02. The van der Waals surface area contributed by atoms with Gasteiger partial charge in [-0.25, -0.2) is 0 Å². The minimum absolute atomic E-state index is 0.147. The predicted molar refractivity (Wildman–Crippen MR) is 44.2 cm³/mol. The monoisotopic (exact) mass is 177 g/mol. The lowest BCUT2D eigenvalue weighted by Gasteiger charge is -1.99. The number of phenols is 1. The first-order chi connectivity index (χ1) is 6.13. The minimum atomic E-state index is -0.968. The summed E-state index contributed by atoms with van der Waals surface area (Å²) in [7, 11) is 0. The number of phenolic OH excluding ortho intramolecular Hbond substituents is 1. The molecule has 4 nitrogen and oxygen atoms in total. The second-order valence-corrected chi connectivity index (χ2v) is 2.53. The van der Waals surface area contributed by atoms with Crippen molar-refractivity contribution in [3.05, 3.63) is 29.3 Å². The first-order valence-electron chi connectivity index (χ1n) is 3.57. The molecule has 1 rings (SSSR count). The number of hydrogen-bond donors (Lipinski definition) is 2. The third-order valence-electron chi connectivity index (χ3n) is 1.54. The Morgan fingerprint density at radius 2 is 2.23 bits per heavy atom. The maximum atomic E-state index is 10.3. The van der Waals surface area contributed by atoms with Crippen LogP contribution in [0, 0.1) is 11.3 Å². The Labute approximate surface area is 74.7 Å². The summed E-state index contributed by atoms with van der Waals surface area (Å²) in [5, 5.41) is 26.1. The summed E-state index contributed by atoms with van der Waals surface area (Å²) in [6, 6.07) is 5.97. The summed E-state index contributed by atoms with van der Waals surface area (Å²) in [5.41, 5.74) is 0.623. The van der Waals surface area contributed by atoms with Crippen LogP contribution in [-0.2, 0) is 11.2 Å². The molecular weight excluding hydrogens is 170 g/mol. The molecule has 0 radical (unpaired) electrons. The summed E-state index contributed by atoms with van der Waals surface area (Å²) in [5.74, 6) is -1.15. The molecule has 0 bridgehead atoms. The predicted octanol–water partition coefficient (Wildman–Crippen LogP) is 0.891. The van der Waals surface area contributed by atoms with Gasteiger partial charge in [0.05, 0.1) is 12.0 Å². The summed E-state index contributed by atoms with van der Waals surface area (Å²) >= 11 is 0. The van der Waals surface area contributed by atoms with Crippen molar-refractivity contribution in [2.24, 2.45) is 0 Å². The van der Waals surface area contributed by atoms with Gasteiger partial charge in [0, 0.05) is 0 Å². The molecule has 0 aliphatic rings. The van der Waals surface area contributed by atoms with E-state index in [2.05, 4.69) is 0 Å². The lowest BCUT2D eigenvalue weighted by atomic mass is 10.1. The van der Waals surface area contributed by atoms with E-state index in [1.54, 1.807) is 6.07 Å². The van der Waals surface area contributed by atoms with Crippen LogP contribution in [0.25, 0.3) is 0 Å². The Morgan fingerprint density at radius 1 is 1.54 bits per heavy atom. The molecule has 0 aromatic heterocycles. The van der Waals surface area contributed by atoms with E-state index in [9.17, 15) is 9.90 Å². The first-order valence-corrected chi connectivity index (χ1v) is 3.57. The number of nitriles is 1. The van der Waals surface area contributed by atoms with E-state index in [1.807, 2.05) is 0 Å². The molecule has 0 heterocycles. The van der Waals surface area contributed by atoms with E-state index >= 15 is 0 Å². The van der Waals surface area contributed by atoms with Gasteiger partial charge >= 0.3 is 5.97 Å². The fourth-order valence-corrected chi connectivity index (χ4v) is 0.956. The van der Waals surface area contributed by atoms with Crippen molar-refractivity contribution in [3.63, 3.8) is 0 Å². The highest BCUT2D eigenvalue weighted by Gasteiger charge is 2.04. The highest BCUT2D eigenvalue weighted by molar-refractivity contribution is 5.70. The standard InChI is InChI=1S/C9H7NO3/c10-5-7-2-1-6(3-8(7)11)4-9(12)13/h1-3,11H,4H2,(H,12,13). The number of carboxylic acids is 1. The molecule has 2 N–H and O–H groups in total. The molecule has 13 heavy (non-hydrogen) atoms. The van der Waals surface area contributed by atoms with Crippen molar-refractivity contribution < 1.29 is 15.0 Å². The van der Waals surface area contributed by atoms with Gasteiger partial charge in [-0.2, -0.15) is 5.26 Å². The van der Waals surface area contributed by atoms with Gasteiger partial charge in [-0.3, -0.25) is 4.79 Å². The zero-order chi connectivity index (χ0) is 9.84. The van der Waals surface area contributed by atoms with Crippen LogP contribution in [0.1, 0.15) is 11.1 Å². The molecule has 1 aromatic carbocycles. The summed E-state index contributed by atoms with van der Waals surface area (Å²) < 4.78 is 0. The Morgan fingerprint density at radius 3 is 2.69 bits per heavy atom. The molecule has 1 aromatic rings. The average Bonchev–Trinajstić information content (AvgIpc) is 2.03. The van der Waals surface area contributed by atoms with Crippen LogP contribution in [-0.4, -0.2) is 16.2 Å². The van der Waals surface area contributed by atoms with Crippen LogP contribution in [0.4, 0.5) is 0 Å². The van der Waals surface area contributed by atoms with Crippen molar-refractivity contribution in [1.29, 1.82) is 5.26 Å². The number of aromatic hydroxyl groups is 1. The average molecular weight is 177 g/mol. The van der Waals surface area contributed by atoms with E-state index < -0.39 is 5.97 Å². The SMILES string of the molecule is N#Cc1ccc(CC(=O)O)cc1O. The molecule has 0 atom stereocenters. The number of rotatable bonds is 2. The molecule has 0 saturated heterocycles. The molecule has 0 unspecified atom stereocenters. The fraction of sp³-hybridized carbons (Fsp3) is 0.111. The van der Waals surface area contributed by atoms with E-state index in [1.165, 1.54) is 18.2 Å². The summed E-state index contributed by atoms with van der Waals surface area (Å²) in [6.07, 6.45) is -0.154. The lowest BCUT2D eigenvalue weighted by Crippen LogP contribution is -1.99. The van der Waals surface area contributed by atoms with Gasteiger partial charge in [-0.05, 0) is 17.7 Å². The van der Waals surface area contributed by atoms with Crippen LogP contribution >= 0.6 is 0 Å². The van der Waals surface area contributed by atoms with Gasteiger partial charge in [0.2, 0.25) is 0 Å². The Balaban J connectivity index is 2.97. The zero-order valence-electron chi connectivity index (χ0n) is 6.69. The molecule has 4 heteroatoms. The number of carbonyl (C=O) groups is 1. The van der Waals surface area contributed by atoms with E-state index in [0.29, 0.717) is 5.56 Å². The second-order valence-electron chi connectivity index (χ2n) is 2.53. The normalized spacial score (nSPS) is 9.15. The lowest BCUT2D eigenvalue weighted by molar-refractivity contribution is -0.136. The first kappa shape index (κ1) is 9.07. The molecule has 0 amide bonds. The minimum Gasteiger partial charge on any atom is -0.507 e. The van der Waals surface area contributed by atoms with Gasteiger partial charge in [0.15, 0.2) is 0 Å². The van der Waals surface area contributed by atoms with Gasteiger partial charge in [-0.15, -0.1) is 0 Å². The van der Waals surface area contributed by atoms with Crippen LogP contribution in [0.2, 0.25) is 0 Å². The van der Waals surface area contributed by atoms with Gasteiger partial charge in [-0.1, -0.05) is 6.07 Å². The van der Waals surface area contributed by atoms with E-state index in [0.717, 1.165) is 0 Å². The van der Waals surface area contributed by atoms with E-state index in [4.69, 9.17) is 10.4 Å². The number of nitrogens with zero attached hydrogens (tertiary/aromatic N) is 1. The van der Waals surface area contributed by atoms with Crippen molar-refractivity contribution >= 4 is 5.97 Å². The maximum absolute atomic E-state index is 10.3. The number of benzene rings is 1. The van der Waals surface area contributed by atoms with Crippen molar-refractivity contribution in [2.45, 2.75) is 6.42 Å². The topological polar surface area (TPSA) is 81.3 Å². The molecule has 0 aliphatic carbocycles. The van der Waals surface area contributed by atoms with Crippen LogP contribution in [0.15, 0.2) is 18.2 Å². The molecule has 0 saturated carbocycles. The summed E-state index contributed by atoms with van der Waals surface area (Å²) in [6.45, 7) is 0. The number of carboxylic acid groups (broad SMARTS) is 1. The molecule has 66 valence electrons. The maximum Gasteiger partial charge on any atom is 0.307 e. The largest absolute Gasteiger partial charge is 0.507 e. The highest BCUT2D eigenvalue weighted by Crippen LogP contribution is 2.17. The molecule has 0 spiro atoms. The van der Waals surface area contributed by atoms with Crippen molar-refractivity contribution in [2.75, 3.05) is 0 Å². The third-order valence-corrected chi connectivity index (χ3v) is 1.54. The van der Waals surface area contributed by atoms with Gasteiger partial charge in [0.1, 0.15) is 11.8 Å². The second kappa shape index (κ2) is 3.59. The van der Waals surface area contributed by atoms with E-state index in [-0.39, 0.29) is 17.7 Å². The quantitative estimate of drug-likeness (QED) is 0.702. The number of hydrogen-bond acceptors (Lipinski definition) is 3. The molecule has 0 aliphatic heterocycles. The van der Waals surface area contributed by atoms with Crippen LogP contribution in [0.5, 0.6) is 5.75 Å². The van der Waals surface area contributed by atoms with Crippen LogP contribution < -0.4 is 0 Å². The Kier molecular flexibility index (Phi) is 2.50. The number of aliphatic carboxylic acids is 1. The Bertz CT molecular complexity index is 379. The zero-order valence-corrected chi connectivity index (χ0v) is 6.69. The van der Waals surface area contributed by atoms with Gasteiger partial charge in [0.25, 0.3) is 0 Å². The summed E-state index contributed by atoms with van der Waals surface area (Å²) in [4.78, 5) is 10.3. The molecule has 0 fully saturated rings. The van der Waals surface area contributed by atoms with Crippen molar-refractivity contribution in [3.8, 4) is 11.8 Å². The van der Waals surface area contributed by atoms with Gasteiger partial charge < -0.3 is 10.2 Å². The molecular formula is C9H7NO3. The van der Waals surface area contributed by atoms with Crippen LogP contribution in [0.3, 0.4) is 0 Å². The fourth-order valence-electron chi connectivity index (χ4n) is 0.956.